The molecule has 1 aliphatic rings. The number of benzene rings is 1. The number of aryl methyl sites for hydroxylation is 1. The maximum Gasteiger partial charge on any atom is 0.0372 e. The summed E-state index contributed by atoms with van der Waals surface area (Å²) in [4.78, 5) is 2.48. The Hall–Kier alpha value is -1.06. The minimum absolute atomic E-state index is 0.783. The molecule has 1 fully saturated rings. The fraction of sp³-hybridized carbons (Fsp3) is 0.625. The van der Waals surface area contributed by atoms with Crippen LogP contribution in [0.3, 0.4) is 0 Å². The van der Waals surface area contributed by atoms with E-state index < -0.39 is 0 Å². The predicted octanol–water partition coefficient (Wildman–Crippen LogP) is 2.39. The van der Waals surface area contributed by atoms with E-state index in [9.17, 15) is 0 Å². The van der Waals surface area contributed by atoms with Crippen LogP contribution in [0.1, 0.15) is 24.0 Å². The molecule has 0 aliphatic carbocycles. The van der Waals surface area contributed by atoms with Crippen molar-refractivity contribution in [3.63, 3.8) is 0 Å². The summed E-state index contributed by atoms with van der Waals surface area (Å²) >= 11 is 0. The molecule has 106 valence electrons. The molecular formula is C16H27N3. The molecule has 1 heterocycles. The smallest absolute Gasteiger partial charge is 0.0372 e. The van der Waals surface area contributed by atoms with Crippen molar-refractivity contribution in [2.24, 2.45) is 11.7 Å². The summed E-state index contributed by atoms with van der Waals surface area (Å²) in [5, 5.41) is 3.63. The third-order valence-corrected chi connectivity index (χ3v) is 4.34. The van der Waals surface area contributed by atoms with E-state index in [1.54, 1.807) is 0 Å². The van der Waals surface area contributed by atoms with Crippen molar-refractivity contribution in [1.82, 2.24) is 4.90 Å². The molecule has 1 saturated heterocycles. The fourth-order valence-corrected chi connectivity index (χ4v) is 2.79. The van der Waals surface area contributed by atoms with Gasteiger partial charge in [0.25, 0.3) is 0 Å². The van der Waals surface area contributed by atoms with Crippen LogP contribution >= 0.6 is 0 Å². The third-order valence-electron chi connectivity index (χ3n) is 4.34. The van der Waals surface area contributed by atoms with Gasteiger partial charge in [0.2, 0.25) is 0 Å². The van der Waals surface area contributed by atoms with Crippen molar-refractivity contribution >= 4 is 5.69 Å². The van der Waals surface area contributed by atoms with Crippen molar-refractivity contribution in [1.29, 1.82) is 0 Å². The van der Waals surface area contributed by atoms with E-state index in [0.29, 0.717) is 0 Å². The molecule has 0 aromatic heterocycles. The molecule has 3 nitrogen and oxygen atoms in total. The van der Waals surface area contributed by atoms with Gasteiger partial charge in [-0.15, -0.1) is 0 Å². The fourth-order valence-electron chi connectivity index (χ4n) is 2.79. The Balaban J connectivity index is 1.79. The van der Waals surface area contributed by atoms with Crippen molar-refractivity contribution in [3.05, 3.63) is 29.3 Å². The number of hydrogen-bond acceptors (Lipinski definition) is 3. The molecule has 3 N–H and O–H groups in total. The first-order chi connectivity index (χ1) is 9.20. The first-order valence-corrected chi connectivity index (χ1v) is 7.43. The molecular weight excluding hydrogens is 234 g/mol. The lowest BCUT2D eigenvalue weighted by molar-refractivity contribution is 0.194. The van der Waals surface area contributed by atoms with E-state index in [1.807, 2.05) is 0 Å². The highest BCUT2D eigenvalue weighted by atomic mass is 15.1. The van der Waals surface area contributed by atoms with Crippen molar-refractivity contribution in [2.75, 3.05) is 38.0 Å². The lowest BCUT2D eigenvalue weighted by atomic mass is 9.96. The largest absolute Gasteiger partial charge is 0.385 e. The second-order valence-corrected chi connectivity index (χ2v) is 5.70. The zero-order valence-electron chi connectivity index (χ0n) is 12.3. The number of likely N-dealkylation sites (tertiary alicyclic amines) is 1. The molecule has 1 aliphatic heterocycles. The molecule has 0 radical (unpaired) electrons. The number of rotatable bonds is 5. The van der Waals surface area contributed by atoms with Gasteiger partial charge in [0.15, 0.2) is 0 Å². The lowest BCUT2D eigenvalue weighted by Gasteiger charge is -2.32. The normalized spacial score (nSPS) is 17.6. The highest BCUT2D eigenvalue weighted by Gasteiger charge is 2.18. The summed E-state index contributed by atoms with van der Waals surface area (Å²) in [6.07, 6.45) is 2.58. The zero-order chi connectivity index (χ0) is 13.7. The third kappa shape index (κ3) is 3.95. The summed E-state index contributed by atoms with van der Waals surface area (Å²) in [5.41, 5.74) is 9.64. The molecule has 19 heavy (non-hydrogen) atoms. The average molecular weight is 261 g/mol. The summed E-state index contributed by atoms with van der Waals surface area (Å²) in [6.45, 7) is 9.71. The molecule has 0 amide bonds. The van der Waals surface area contributed by atoms with Gasteiger partial charge < -0.3 is 16.0 Å². The van der Waals surface area contributed by atoms with Gasteiger partial charge in [0.05, 0.1) is 0 Å². The summed E-state index contributed by atoms with van der Waals surface area (Å²) < 4.78 is 0. The number of piperidine rings is 1. The molecule has 2 rings (SSSR count). The molecule has 0 saturated carbocycles. The van der Waals surface area contributed by atoms with Crippen LogP contribution in [0.15, 0.2) is 18.2 Å². The molecule has 0 spiro atoms. The predicted molar refractivity (Wildman–Crippen MR) is 82.6 cm³/mol. The summed E-state index contributed by atoms with van der Waals surface area (Å²) in [5.74, 6) is 0.800. The quantitative estimate of drug-likeness (QED) is 0.855. The van der Waals surface area contributed by atoms with Crippen LogP contribution in [0.2, 0.25) is 0 Å². The van der Waals surface area contributed by atoms with Crippen molar-refractivity contribution < 1.29 is 0 Å². The molecule has 1 aromatic carbocycles. The number of hydrogen-bond donors (Lipinski definition) is 2. The average Bonchev–Trinajstić information content (AvgIpc) is 2.42. The van der Waals surface area contributed by atoms with Crippen LogP contribution in [0.25, 0.3) is 0 Å². The van der Waals surface area contributed by atoms with Crippen LogP contribution in [0, 0.1) is 19.8 Å². The van der Waals surface area contributed by atoms with Crippen molar-refractivity contribution in [3.8, 4) is 0 Å². The first-order valence-electron chi connectivity index (χ1n) is 7.43. The molecule has 1 aromatic rings. The van der Waals surface area contributed by atoms with E-state index >= 15 is 0 Å². The summed E-state index contributed by atoms with van der Waals surface area (Å²) in [6, 6.07) is 6.49. The minimum Gasteiger partial charge on any atom is -0.385 e. The number of nitrogens with two attached hydrogens (primary N) is 1. The van der Waals surface area contributed by atoms with Gasteiger partial charge in [0, 0.05) is 25.3 Å². The molecule has 3 heteroatoms. The number of nitrogens with zero attached hydrogens (tertiary/aromatic N) is 1. The minimum atomic E-state index is 0.783. The topological polar surface area (TPSA) is 41.3 Å². The second kappa shape index (κ2) is 6.92. The Bertz CT molecular complexity index is 395. The van der Waals surface area contributed by atoms with E-state index in [1.165, 1.54) is 42.7 Å². The van der Waals surface area contributed by atoms with Gasteiger partial charge in [-0.2, -0.15) is 0 Å². The van der Waals surface area contributed by atoms with Crippen LogP contribution < -0.4 is 11.1 Å². The van der Waals surface area contributed by atoms with Gasteiger partial charge in [-0.1, -0.05) is 12.1 Å². The van der Waals surface area contributed by atoms with Crippen LogP contribution in [0.4, 0.5) is 5.69 Å². The molecule has 0 atom stereocenters. The van der Waals surface area contributed by atoms with Gasteiger partial charge in [-0.05, 0) is 62.9 Å². The maximum absolute atomic E-state index is 5.61. The Morgan fingerprint density at radius 2 is 2.00 bits per heavy atom. The van der Waals surface area contributed by atoms with E-state index in [4.69, 9.17) is 5.73 Å². The Morgan fingerprint density at radius 1 is 1.26 bits per heavy atom. The Kier molecular flexibility index (Phi) is 5.23. The highest BCUT2D eigenvalue weighted by molar-refractivity contribution is 5.53. The van der Waals surface area contributed by atoms with Gasteiger partial charge in [-0.25, -0.2) is 0 Å². The highest BCUT2D eigenvalue weighted by Crippen LogP contribution is 2.21. The van der Waals surface area contributed by atoms with E-state index in [2.05, 4.69) is 42.3 Å². The zero-order valence-corrected chi connectivity index (χ0v) is 12.3. The van der Waals surface area contributed by atoms with E-state index in [0.717, 1.165) is 25.6 Å². The molecule has 0 bridgehead atoms. The standard InChI is InChI=1S/C16H27N3/c1-13-4-3-5-16(14(13)2)18-12-15-6-9-19(10-7-15)11-8-17/h3-5,15,18H,6-12,17H2,1-2H3. The van der Waals surface area contributed by atoms with Crippen molar-refractivity contribution in [2.45, 2.75) is 26.7 Å². The van der Waals surface area contributed by atoms with Crippen LogP contribution in [-0.4, -0.2) is 37.6 Å². The monoisotopic (exact) mass is 261 g/mol. The maximum atomic E-state index is 5.61. The van der Waals surface area contributed by atoms with E-state index in [-0.39, 0.29) is 0 Å². The van der Waals surface area contributed by atoms with Crippen LogP contribution in [0.5, 0.6) is 0 Å². The Labute approximate surface area is 117 Å². The van der Waals surface area contributed by atoms with Gasteiger partial charge in [-0.3, -0.25) is 0 Å². The number of anilines is 1. The SMILES string of the molecule is Cc1cccc(NCC2CCN(CCN)CC2)c1C. The number of nitrogens with one attached hydrogen (secondary N) is 1. The molecule has 0 unspecified atom stereocenters. The lowest BCUT2D eigenvalue weighted by Crippen LogP contribution is -2.38. The summed E-state index contributed by atoms with van der Waals surface area (Å²) in [7, 11) is 0. The van der Waals surface area contributed by atoms with Gasteiger partial charge >= 0.3 is 0 Å². The van der Waals surface area contributed by atoms with Crippen LogP contribution in [-0.2, 0) is 0 Å². The Morgan fingerprint density at radius 3 is 2.68 bits per heavy atom. The first kappa shape index (κ1) is 14.4. The second-order valence-electron chi connectivity index (χ2n) is 5.70. The van der Waals surface area contributed by atoms with Gasteiger partial charge in [0.1, 0.15) is 0 Å².